The first-order valence-electron chi connectivity index (χ1n) is 8.43. The molecule has 23 heavy (non-hydrogen) atoms. The third-order valence-corrected chi connectivity index (χ3v) is 4.78. The molecule has 126 valence electrons. The number of rotatable bonds is 5. The summed E-state index contributed by atoms with van der Waals surface area (Å²) >= 11 is 0. The van der Waals surface area contributed by atoms with Crippen molar-refractivity contribution in [2.75, 3.05) is 33.4 Å². The Balaban J connectivity index is 1.74. The van der Waals surface area contributed by atoms with Crippen LogP contribution in [0.1, 0.15) is 36.0 Å². The van der Waals surface area contributed by atoms with E-state index in [1.54, 1.807) is 19.2 Å². The average Bonchev–Trinajstić information content (AvgIpc) is 2.63. The summed E-state index contributed by atoms with van der Waals surface area (Å²) in [6.45, 7) is 3.57. The summed E-state index contributed by atoms with van der Waals surface area (Å²) in [5.41, 5.74) is 0.600. The lowest BCUT2D eigenvalue weighted by atomic mass is 9.91. The van der Waals surface area contributed by atoms with E-state index in [0.717, 1.165) is 44.8 Å². The highest BCUT2D eigenvalue weighted by Gasteiger charge is 2.33. The first-order chi connectivity index (χ1) is 11.3. The van der Waals surface area contributed by atoms with Gasteiger partial charge >= 0.3 is 0 Å². The van der Waals surface area contributed by atoms with Crippen LogP contribution in [0, 0.1) is 0 Å². The number of hydrogen-bond donors (Lipinski definition) is 0. The van der Waals surface area contributed by atoms with Gasteiger partial charge in [-0.15, -0.1) is 0 Å². The molecule has 5 heteroatoms. The number of methoxy groups -OCH3 is 1. The summed E-state index contributed by atoms with van der Waals surface area (Å²) < 4.78 is 17.2. The summed E-state index contributed by atoms with van der Waals surface area (Å²) in [5, 5.41) is 0. The fraction of sp³-hybridized carbons (Fsp3) is 0.611. The Labute approximate surface area is 137 Å². The van der Waals surface area contributed by atoms with Crippen molar-refractivity contribution < 1.29 is 19.0 Å². The van der Waals surface area contributed by atoms with Gasteiger partial charge in [0.25, 0.3) is 0 Å². The summed E-state index contributed by atoms with van der Waals surface area (Å²) in [7, 11) is 1.61. The van der Waals surface area contributed by atoms with E-state index in [1.807, 2.05) is 6.07 Å². The fourth-order valence-corrected chi connectivity index (χ4v) is 3.56. The molecular weight excluding hydrogens is 294 g/mol. The Morgan fingerprint density at radius 3 is 2.70 bits per heavy atom. The van der Waals surface area contributed by atoms with E-state index >= 15 is 0 Å². The molecule has 1 aromatic carbocycles. The maximum atomic E-state index is 10.9. The van der Waals surface area contributed by atoms with Crippen LogP contribution in [0.3, 0.4) is 0 Å². The minimum atomic E-state index is 0.165. The van der Waals surface area contributed by atoms with E-state index in [-0.39, 0.29) is 6.10 Å². The molecule has 1 heterocycles. The van der Waals surface area contributed by atoms with Crippen molar-refractivity contribution >= 4 is 6.29 Å². The van der Waals surface area contributed by atoms with Crippen LogP contribution in [-0.2, 0) is 4.74 Å². The van der Waals surface area contributed by atoms with Crippen LogP contribution in [0.25, 0.3) is 0 Å². The summed E-state index contributed by atoms with van der Waals surface area (Å²) in [6.07, 6.45) is 5.66. The van der Waals surface area contributed by atoms with Gasteiger partial charge in [-0.2, -0.15) is 0 Å². The van der Waals surface area contributed by atoms with E-state index in [0.29, 0.717) is 17.4 Å². The first kappa shape index (κ1) is 16.3. The SMILES string of the molecule is COc1cc(C=O)ccc1OC1CCCCC1N1CCOCC1. The Bertz CT molecular complexity index is 528. The number of nitrogens with zero attached hydrogens (tertiary/aromatic N) is 1. The second-order valence-corrected chi connectivity index (χ2v) is 6.18. The number of carbonyl (C=O) groups excluding carboxylic acids is 1. The lowest BCUT2D eigenvalue weighted by Gasteiger charge is -2.41. The molecule has 0 N–H and O–H groups in total. The van der Waals surface area contributed by atoms with E-state index in [4.69, 9.17) is 14.2 Å². The average molecular weight is 319 g/mol. The molecule has 1 saturated carbocycles. The van der Waals surface area contributed by atoms with Gasteiger partial charge in [0.05, 0.1) is 20.3 Å². The molecule has 2 unspecified atom stereocenters. The van der Waals surface area contributed by atoms with Gasteiger partial charge < -0.3 is 14.2 Å². The van der Waals surface area contributed by atoms with Crippen LogP contribution >= 0.6 is 0 Å². The molecule has 0 bridgehead atoms. The van der Waals surface area contributed by atoms with Crippen molar-refractivity contribution in [1.82, 2.24) is 4.90 Å². The Hall–Kier alpha value is -1.59. The number of carbonyl (C=O) groups is 1. The fourth-order valence-electron chi connectivity index (χ4n) is 3.56. The van der Waals surface area contributed by atoms with Gasteiger partial charge in [0.1, 0.15) is 12.4 Å². The van der Waals surface area contributed by atoms with Crippen LogP contribution < -0.4 is 9.47 Å². The minimum absolute atomic E-state index is 0.165. The number of ether oxygens (including phenoxy) is 3. The van der Waals surface area contributed by atoms with Crippen molar-refractivity contribution in [3.8, 4) is 11.5 Å². The molecule has 0 spiro atoms. The van der Waals surface area contributed by atoms with Crippen molar-refractivity contribution in [2.24, 2.45) is 0 Å². The molecule has 3 rings (SSSR count). The third-order valence-electron chi connectivity index (χ3n) is 4.78. The van der Waals surface area contributed by atoms with Gasteiger partial charge in [-0.05, 0) is 37.5 Å². The van der Waals surface area contributed by atoms with Gasteiger partial charge in [0, 0.05) is 24.7 Å². The van der Waals surface area contributed by atoms with E-state index in [9.17, 15) is 4.79 Å². The number of benzene rings is 1. The van der Waals surface area contributed by atoms with Crippen LogP contribution in [0.2, 0.25) is 0 Å². The zero-order valence-electron chi connectivity index (χ0n) is 13.7. The highest BCUT2D eigenvalue weighted by molar-refractivity contribution is 5.76. The quantitative estimate of drug-likeness (QED) is 0.781. The topological polar surface area (TPSA) is 48.0 Å². The molecule has 1 aromatic rings. The molecule has 1 aliphatic heterocycles. The summed E-state index contributed by atoms with van der Waals surface area (Å²) in [5.74, 6) is 1.35. The van der Waals surface area contributed by atoms with Crippen molar-refractivity contribution in [2.45, 2.75) is 37.8 Å². The van der Waals surface area contributed by atoms with Gasteiger partial charge in [-0.3, -0.25) is 9.69 Å². The number of morpholine rings is 1. The predicted octanol–water partition coefficient (Wildman–Crippen LogP) is 2.53. The zero-order chi connectivity index (χ0) is 16.1. The molecule has 2 fully saturated rings. The minimum Gasteiger partial charge on any atom is -0.493 e. The van der Waals surface area contributed by atoms with E-state index in [2.05, 4.69) is 4.90 Å². The third kappa shape index (κ3) is 3.85. The van der Waals surface area contributed by atoms with Gasteiger partial charge in [-0.1, -0.05) is 6.42 Å². The van der Waals surface area contributed by atoms with Crippen molar-refractivity contribution in [3.63, 3.8) is 0 Å². The predicted molar refractivity (Wildman–Crippen MR) is 87.4 cm³/mol. The standard InChI is InChI=1S/C18H25NO4/c1-21-18-12-14(13-20)6-7-17(18)23-16-5-3-2-4-15(16)19-8-10-22-11-9-19/h6-7,12-13,15-16H,2-5,8-11H2,1H3. The van der Waals surface area contributed by atoms with Crippen LogP contribution in [0.4, 0.5) is 0 Å². The highest BCUT2D eigenvalue weighted by atomic mass is 16.5. The Morgan fingerprint density at radius 2 is 1.96 bits per heavy atom. The summed E-state index contributed by atoms with van der Waals surface area (Å²) in [6, 6.07) is 5.78. The molecule has 1 saturated heterocycles. The second kappa shape index (κ2) is 7.79. The molecule has 1 aliphatic carbocycles. The van der Waals surface area contributed by atoms with Gasteiger partial charge in [0.15, 0.2) is 11.5 Å². The molecule has 2 atom stereocenters. The molecule has 0 aromatic heterocycles. The molecular formula is C18H25NO4. The zero-order valence-corrected chi connectivity index (χ0v) is 13.7. The Kier molecular flexibility index (Phi) is 5.51. The molecule has 0 amide bonds. The monoisotopic (exact) mass is 319 g/mol. The highest BCUT2D eigenvalue weighted by Crippen LogP contribution is 2.33. The lowest BCUT2D eigenvalue weighted by molar-refractivity contribution is -0.0286. The van der Waals surface area contributed by atoms with Crippen LogP contribution in [0.5, 0.6) is 11.5 Å². The smallest absolute Gasteiger partial charge is 0.161 e. The maximum Gasteiger partial charge on any atom is 0.161 e. The number of aldehydes is 1. The normalized spacial score (nSPS) is 25.8. The van der Waals surface area contributed by atoms with Gasteiger partial charge in [-0.25, -0.2) is 0 Å². The molecule has 2 aliphatic rings. The van der Waals surface area contributed by atoms with Crippen molar-refractivity contribution in [1.29, 1.82) is 0 Å². The van der Waals surface area contributed by atoms with E-state index < -0.39 is 0 Å². The van der Waals surface area contributed by atoms with E-state index in [1.165, 1.54) is 19.3 Å². The second-order valence-electron chi connectivity index (χ2n) is 6.18. The van der Waals surface area contributed by atoms with Crippen LogP contribution in [0.15, 0.2) is 18.2 Å². The first-order valence-corrected chi connectivity index (χ1v) is 8.43. The largest absolute Gasteiger partial charge is 0.493 e. The maximum absolute atomic E-state index is 10.9. The van der Waals surface area contributed by atoms with Crippen LogP contribution in [-0.4, -0.2) is 56.7 Å². The number of hydrogen-bond acceptors (Lipinski definition) is 5. The van der Waals surface area contributed by atoms with Crippen molar-refractivity contribution in [3.05, 3.63) is 23.8 Å². The van der Waals surface area contributed by atoms with Gasteiger partial charge in [0.2, 0.25) is 0 Å². The Morgan fingerprint density at radius 1 is 1.17 bits per heavy atom. The lowest BCUT2D eigenvalue weighted by Crippen LogP contribution is -2.52. The summed E-state index contributed by atoms with van der Waals surface area (Å²) in [4.78, 5) is 13.4. The molecule has 0 radical (unpaired) electrons. The molecule has 5 nitrogen and oxygen atoms in total.